The number of allylic oxidation sites excluding steroid dienone is 2. The molecule has 1 heterocycles. The van der Waals surface area contributed by atoms with E-state index in [0.717, 1.165) is 0 Å². The fraction of sp³-hybridized carbons (Fsp3) is 0.400. The smallest absolute Gasteiger partial charge is 0.342 e. The van der Waals surface area contributed by atoms with Gasteiger partial charge < -0.3 is 24.4 Å². The number of carbonyl (C=O) groups is 1. The van der Waals surface area contributed by atoms with Gasteiger partial charge in [-0.05, 0) is 25.8 Å². The Balaban J connectivity index is 2.45. The van der Waals surface area contributed by atoms with Crippen LogP contribution in [0.4, 0.5) is 0 Å². The highest BCUT2D eigenvalue weighted by Crippen LogP contribution is 2.42. The van der Waals surface area contributed by atoms with E-state index in [9.17, 15) is 14.5 Å². The van der Waals surface area contributed by atoms with Gasteiger partial charge in [-0.15, -0.1) is 0 Å². The van der Waals surface area contributed by atoms with Crippen LogP contribution in [0.25, 0.3) is 0 Å². The van der Waals surface area contributed by atoms with Crippen LogP contribution >= 0.6 is 7.60 Å². The van der Waals surface area contributed by atoms with Gasteiger partial charge >= 0.3 is 13.6 Å². The van der Waals surface area contributed by atoms with Crippen LogP contribution in [0.15, 0.2) is 11.6 Å². The Morgan fingerprint density at radius 2 is 2.09 bits per heavy atom. The van der Waals surface area contributed by atoms with E-state index >= 15 is 0 Å². The molecule has 8 heteroatoms. The zero-order valence-electron chi connectivity index (χ0n) is 13.1. The van der Waals surface area contributed by atoms with Crippen molar-refractivity contribution in [3.8, 4) is 11.5 Å². The summed E-state index contributed by atoms with van der Waals surface area (Å²) in [6.45, 7) is 3.46. The number of hydrogen-bond donors (Lipinski definition) is 3. The number of carbonyl (C=O) groups excluding carboxylic acids is 1. The van der Waals surface area contributed by atoms with Crippen LogP contribution in [0.5, 0.6) is 11.5 Å². The van der Waals surface area contributed by atoms with E-state index in [-0.39, 0.29) is 30.5 Å². The lowest BCUT2D eigenvalue weighted by Crippen LogP contribution is -2.03. The molecule has 0 bridgehead atoms. The van der Waals surface area contributed by atoms with Gasteiger partial charge in [-0.2, -0.15) is 0 Å². The summed E-state index contributed by atoms with van der Waals surface area (Å²) < 4.78 is 21.3. The van der Waals surface area contributed by atoms with Gasteiger partial charge in [0.15, 0.2) is 0 Å². The van der Waals surface area contributed by atoms with Crippen molar-refractivity contribution in [2.45, 2.75) is 26.9 Å². The Kier molecular flexibility index (Phi) is 4.84. The monoisotopic (exact) mass is 342 g/mol. The Morgan fingerprint density at radius 1 is 1.43 bits per heavy atom. The van der Waals surface area contributed by atoms with Gasteiger partial charge in [0.1, 0.15) is 23.7 Å². The van der Waals surface area contributed by atoms with E-state index in [1.54, 1.807) is 19.9 Å². The average Bonchev–Trinajstić information content (AvgIpc) is 2.81. The SMILES string of the molecule is COc1c(C)c2c(c(O)c1C/C=C(\C)CP(=O)(O)O)C(=O)OC2. The maximum atomic E-state index is 11.8. The molecule has 1 aromatic carbocycles. The summed E-state index contributed by atoms with van der Waals surface area (Å²) in [5, 5.41) is 10.4. The van der Waals surface area contributed by atoms with Crippen LogP contribution in [0.1, 0.15) is 34.0 Å². The Hall–Kier alpha value is -1.82. The van der Waals surface area contributed by atoms with E-state index in [0.29, 0.717) is 28.0 Å². The normalized spacial score (nSPS) is 14.7. The molecule has 1 aliphatic heterocycles. The van der Waals surface area contributed by atoms with Crippen molar-refractivity contribution in [2.24, 2.45) is 0 Å². The molecular formula is C15H19O7P. The second-order valence-corrected chi connectivity index (χ2v) is 7.14. The summed E-state index contributed by atoms with van der Waals surface area (Å²) >= 11 is 0. The molecule has 1 aliphatic rings. The first-order chi connectivity index (χ1) is 10.7. The first-order valence-electron chi connectivity index (χ1n) is 6.94. The van der Waals surface area contributed by atoms with Crippen LogP contribution in [0.2, 0.25) is 0 Å². The van der Waals surface area contributed by atoms with Gasteiger partial charge in [0.2, 0.25) is 0 Å². The van der Waals surface area contributed by atoms with Crippen LogP contribution in [-0.4, -0.2) is 34.1 Å². The molecule has 0 fully saturated rings. The van der Waals surface area contributed by atoms with Gasteiger partial charge in [-0.25, -0.2) is 4.79 Å². The third-order valence-corrected chi connectivity index (χ3v) is 4.67. The number of benzene rings is 1. The van der Waals surface area contributed by atoms with Gasteiger partial charge in [0, 0.05) is 11.1 Å². The van der Waals surface area contributed by atoms with Crippen LogP contribution in [0.3, 0.4) is 0 Å². The van der Waals surface area contributed by atoms with Gasteiger partial charge in [0.05, 0.1) is 13.3 Å². The van der Waals surface area contributed by atoms with Gasteiger partial charge in [0.25, 0.3) is 0 Å². The van der Waals surface area contributed by atoms with E-state index in [4.69, 9.17) is 19.3 Å². The predicted octanol–water partition coefficient (Wildman–Crippen LogP) is 2.05. The quantitative estimate of drug-likeness (QED) is 0.426. The highest BCUT2D eigenvalue weighted by molar-refractivity contribution is 7.52. The molecule has 126 valence electrons. The molecule has 0 saturated heterocycles. The van der Waals surface area contributed by atoms with Crippen molar-refractivity contribution in [1.82, 2.24) is 0 Å². The highest BCUT2D eigenvalue weighted by Gasteiger charge is 2.31. The largest absolute Gasteiger partial charge is 0.507 e. The lowest BCUT2D eigenvalue weighted by atomic mass is 9.95. The minimum atomic E-state index is -4.14. The lowest BCUT2D eigenvalue weighted by Gasteiger charge is -2.15. The highest BCUT2D eigenvalue weighted by atomic mass is 31.2. The molecular weight excluding hydrogens is 323 g/mol. The summed E-state index contributed by atoms with van der Waals surface area (Å²) in [6, 6.07) is 0. The summed E-state index contributed by atoms with van der Waals surface area (Å²) in [5.41, 5.74) is 2.33. The topological polar surface area (TPSA) is 113 Å². The summed E-state index contributed by atoms with van der Waals surface area (Å²) in [7, 11) is -2.68. The Labute approximate surface area is 133 Å². The van der Waals surface area contributed by atoms with Gasteiger partial charge in [-0.3, -0.25) is 4.57 Å². The summed E-state index contributed by atoms with van der Waals surface area (Å²) in [4.78, 5) is 29.7. The van der Waals surface area contributed by atoms with Crippen LogP contribution < -0.4 is 4.74 Å². The van der Waals surface area contributed by atoms with Crippen molar-refractivity contribution in [2.75, 3.05) is 13.3 Å². The number of aromatic hydroxyl groups is 1. The summed E-state index contributed by atoms with van der Waals surface area (Å²) in [5.74, 6) is -0.342. The van der Waals surface area contributed by atoms with Crippen molar-refractivity contribution in [3.05, 3.63) is 33.9 Å². The maximum absolute atomic E-state index is 11.8. The van der Waals surface area contributed by atoms with Crippen LogP contribution in [0, 0.1) is 6.92 Å². The fourth-order valence-corrected chi connectivity index (χ4v) is 3.47. The number of hydrogen-bond acceptors (Lipinski definition) is 5. The van der Waals surface area contributed by atoms with Gasteiger partial charge in [-0.1, -0.05) is 11.6 Å². The van der Waals surface area contributed by atoms with E-state index in [1.807, 2.05) is 0 Å². The van der Waals surface area contributed by atoms with Crippen molar-refractivity contribution in [3.63, 3.8) is 0 Å². The molecule has 0 spiro atoms. The van der Waals surface area contributed by atoms with E-state index < -0.39 is 13.6 Å². The molecule has 0 unspecified atom stereocenters. The number of phenolic OH excluding ortho intramolecular Hbond substituents is 1. The van der Waals surface area contributed by atoms with Crippen molar-refractivity contribution < 1.29 is 33.7 Å². The molecule has 3 N–H and O–H groups in total. The number of esters is 1. The molecule has 23 heavy (non-hydrogen) atoms. The minimum absolute atomic E-state index is 0.0945. The second kappa shape index (κ2) is 6.35. The Bertz CT molecular complexity index is 730. The number of fused-ring (bicyclic) bond motifs is 1. The standard InChI is InChI=1S/C15H19O7P/c1-8(7-23(18,19)20)4-5-10-13(16)12-11(6-22-15(12)17)9(2)14(10)21-3/h4,16H,5-7H2,1-3H3,(H2,18,19,20)/b8-4+. The summed E-state index contributed by atoms with van der Waals surface area (Å²) in [6.07, 6.45) is 1.42. The molecule has 7 nitrogen and oxygen atoms in total. The minimum Gasteiger partial charge on any atom is -0.507 e. The number of rotatable bonds is 5. The second-order valence-electron chi connectivity index (χ2n) is 5.49. The molecule has 0 amide bonds. The first kappa shape index (κ1) is 17.5. The molecule has 0 atom stereocenters. The van der Waals surface area contributed by atoms with Crippen molar-refractivity contribution in [1.29, 1.82) is 0 Å². The van der Waals surface area contributed by atoms with Crippen molar-refractivity contribution >= 4 is 13.6 Å². The number of phenols is 1. The third kappa shape index (κ3) is 3.58. The zero-order valence-corrected chi connectivity index (χ0v) is 14.0. The van der Waals surface area contributed by atoms with Crippen LogP contribution in [-0.2, 0) is 22.3 Å². The molecule has 1 aromatic rings. The molecule has 0 aromatic heterocycles. The molecule has 2 rings (SSSR count). The number of cyclic esters (lactones) is 1. The third-order valence-electron chi connectivity index (χ3n) is 3.76. The molecule has 0 saturated carbocycles. The zero-order chi connectivity index (χ0) is 17.4. The predicted molar refractivity (Wildman–Crippen MR) is 82.9 cm³/mol. The number of ether oxygens (including phenoxy) is 2. The Morgan fingerprint density at radius 3 is 2.65 bits per heavy atom. The maximum Gasteiger partial charge on any atom is 0.342 e. The fourth-order valence-electron chi connectivity index (χ4n) is 2.69. The molecule has 0 radical (unpaired) electrons. The lowest BCUT2D eigenvalue weighted by molar-refractivity contribution is 0.0533. The number of methoxy groups -OCH3 is 1. The van der Waals surface area contributed by atoms with E-state index in [2.05, 4.69) is 0 Å². The van der Waals surface area contributed by atoms with E-state index in [1.165, 1.54) is 7.11 Å². The first-order valence-corrected chi connectivity index (χ1v) is 8.74. The molecule has 0 aliphatic carbocycles. The average molecular weight is 342 g/mol.